The summed E-state index contributed by atoms with van der Waals surface area (Å²) in [7, 11) is -0.751. The van der Waals surface area contributed by atoms with Crippen LogP contribution < -0.4 is 15.4 Å². The molecule has 14 heteroatoms. The number of halogens is 1. The summed E-state index contributed by atoms with van der Waals surface area (Å²) in [6.45, 7) is 4.90. The van der Waals surface area contributed by atoms with Crippen LogP contribution in [0, 0.1) is 5.82 Å². The second-order valence-electron chi connectivity index (χ2n) is 8.64. The van der Waals surface area contributed by atoms with E-state index in [-0.39, 0.29) is 28.9 Å². The van der Waals surface area contributed by atoms with Crippen LogP contribution in [0.3, 0.4) is 0 Å². The smallest absolute Gasteiger partial charge is 0.322 e. The van der Waals surface area contributed by atoms with Crippen molar-refractivity contribution in [3.63, 3.8) is 0 Å². The molecule has 0 aromatic carbocycles. The first-order chi connectivity index (χ1) is 15.7. The number of hydrogen-bond donors (Lipinski definition) is 3. The third kappa shape index (κ3) is 6.02. The number of anilines is 1. The van der Waals surface area contributed by atoms with Crippen molar-refractivity contribution in [3.8, 4) is 11.1 Å². The van der Waals surface area contributed by atoms with Gasteiger partial charge in [0.1, 0.15) is 4.90 Å². The van der Waals surface area contributed by atoms with E-state index < -0.39 is 27.4 Å². The largest absolute Gasteiger partial charge is 0.347 e. The first-order valence-corrected chi connectivity index (χ1v) is 11.5. The zero-order chi connectivity index (χ0) is 25.3. The summed E-state index contributed by atoms with van der Waals surface area (Å²) >= 11 is 0. The molecule has 12 nitrogen and oxygen atoms in total. The monoisotopic (exact) mass is 492 g/mol. The molecule has 182 valence electrons. The maximum absolute atomic E-state index is 14.7. The van der Waals surface area contributed by atoms with Gasteiger partial charge in [-0.2, -0.15) is 4.98 Å². The molecule has 3 rings (SSSR count). The van der Waals surface area contributed by atoms with Crippen molar-refractivity contribution in [2.45, 2.75) is 31.2 Å². The fourth-order valence-electron chi connectivity index (χ4n) is 2.80. The van der Waals surface area contributed by atoms with Crippen LogP contribution in [-0.2, 0) is 14.8 Å². The van der Waals surface area contributed by atoms with E-state index >= 15 is 0 Å². The second-order valence-corrected chi connectivity index (χ2v) is 10.3. The molecule has 34 heavy (non-hydrogen) atoms. The Hall–Kier alpha value is -3.65. The minimum Gasteiger partial charge on any atom is -0.347 e. The summed E-state index contributed by atoms with van der Waals surface area (Å²) in [6, 6.07) is 1.79. The van der Waals surface area contributed by atoms with E-state index in [1.54, 1.807) is 34.9 Å². The van der Waals surface area contributed by atoms with Crippen LogP contribution in [0.1, 0.15) is 20.8 Å². The quantitative estimate of drug-likeness (QED) is 0.468. The highest BCUT2D eigenvalue weighted by Crippen LogP contribution is 2.24. The molecule has 3 aromatic heterocycles. The van der Waals surface area contributed by atoms with Crippen molar-refractivity contribution in [3.05, 3.63) is 36.5 Å². The van der Waals surface area contributed by atoms with Gasteiger partial charge in [-0.1, -0.05) is 0 Å². The number of carbonyl (C=O) groups excluding carboxylic acids is 2. The van der Waals surface area contributed by atoms with Crippen LogP contribution in [0.5, 0.6) is 0 Å². The minimum absolute atomic E-state index is 0.0784. The molecule has 3 aromatic rings. The highest BCUT2D eigenvalue weighted by Gasteiger charge is 2.23. The molecule has 3 amide bonds. The average Bonchev–Trinajstić information content (AvgIpc) is 3.13. The Morgan fingerprint density at radius 3 is 2.50 bits per heavy atom. The van der Waals surface area contributed by atoms with Crippen LogP contribution in [0.15, 0.2) is 35.6 Å². The van der Waals surface area contributed by atoms with E-state index in [0.29, 0.717) is 11.1 Å². The Labute approximate surface area is 195 Å². The van der Waals surface area contributed by atoms with Gasteiger partial charge in [0, 0.05) is 49.4 Å². The predicted molar refractivity (Wildman–Crippen MR) is 122 cm³/mol. The zero-order valence-corrected chi connectivity index (χ0v) is 20.1. The second kappa shape index (κ2) is 9.30. The lowest BCUT2D eigenvalue weighted by atomic mass is 10.1. The van der Waals surface area contributed by atoms with Crippen LogP contribution in [0.2, 0.25) is 0 Å². The Bertz CT molecular complexity index is 1350. The van der Waals surface area contributed by atoms with Crippen LogP contribution in [-0.4, -0.2) is 71.0 Å². The maximum Gasteiger partial charge on any atom is 0.322 e. The van der Waals surface area contributed by atoms with Gasteiger partial charge in [-0.25, -0.2) is 26.8 Å². The number of hydrogen-bond acceptors (Lipinski definition) is 7. The van der Waals surface area contributed by atoms with Gasteiger partial charge in [-0.05, 0) is 32.9 Å². The average molecular weight is 493 g/mol. The molecule has 0 saturated carbocycles. The van der Waals surface area contributed by atoms with Gasteiger partial charge >= 0.3 is 6.03 Å². The number of likely N-dealkylation sites (N-methyl/N-ethyl adjacent to an activating group) is 1. The Kier molecular flexibility index (Phi) is 6.84. The van der Waals surface area contributed by atoms with Gasteiger partial charge in [0.05, 0.1) is 6.54 Å². The van der Waals surface area contributed by atoms with E-state index in [9.17, 15) is 22.4 Å². The van der Waals surface area contributed by atoms with Crippen molar-refractivity contribution in [2.75, 3.05) is 26.0 Å². The number of carbonyl (C=O) groups is 2. The highest BCUT2D eigenvalue weighted by atomic mass is 32.2. The molecule has 0 bridgehead atoms. The SMILES string of the molecule is CN(C)C(=O)CNC(=O)Nc1nc2c(F)cc(-c3cncc(S(=O)(=O)NC(C)(C)C)c3)cn2n1. The molecule has 0 saturated heterocycles. The predicted octanol–water partition coefficient (Wildman–Crippen LogP) is 1.22. The Morgan fingerprint density at radius 2 is 1.85 bits per heavy atom. The maximum atomic E-state index is 14.7. The Balaban J connectivity index is 1.86. The van der Waals surface area contributed by atoms with E-state index in [1.807, 2.05) is 0 Å². The van der Waals surface area contributed by atoms with Gasteiger partial charge in [0.2, 0.25) is 15.9 Å². The number of urea groups is 1. The summed E-state index contributed by atoms with van der Waals surface area (Å²) in [5.74, 6) is -1.25. The fourth-order valence-corrected chi connectivity index (χ4v) is 4.21. The molecule has 0 atom stereocenters. The van der Waals surface area contributed by atoms with Crippen molar-refractivity contribution in [1.82, 2.24) is 34.5 Å². The molecule has 3 N–H and O–H groups in total. The molecule has 0 unspecified atom stereocenters. The molecule has 0 radical (unpaired) electrons. The zero-order valence-electron chi connectivity index (χ0n) is 19.2. The van der Waals surface area contributed by atoms with Crippen molar-refractivity contribution in [2.24, 2.45) is 0 Å². The normalized spacial score (nSPS) is 11.9. The molecular weight excluding hydrogens is 467 g/mol. The molecule has 0 aliphatic rings. The lowest BCUT2D eigenvalue weighted by Crippen LogP contribution is -2.40. The minimum atomic E-state index is -3.85. The third-order valence-corrected chi connectivity index (χ3v) is 6.04. The summed E-state index contributed by atoms with van der Waals surface area (Å²) in [5.41, 5.74) is -0.226. The van der Waals surface area contributed by atoms with E-state index in [0.717, 1.165) is 10.6 Å². The number of nitrogens with one attached hydrogen (secondary N) is 3. The molecule has 0 fully saturated rings. The van der Waals surface area contributed by atoms with Gasteiger partial charge in [-0.15, -0.1) is 5.10 Å². The van der Waals surface area contributed by atoms with Gasteiger partial charge in [-0.3, -0.25) is 15.1 Å². The van der Waals surface area contributed by atoms with Gasteiger partial charge in [0.15, 0.2) is 11.5 Å². The molecule has 0 aliphatic carbocycles. The molecular formula is C20H25FN8O4S. The number of rotatable bonds is 6. The fraction of sp³-hybridized carbons (Fsp3) is 0.350. The van der Waals surface area contributed by atoms with Gasteiger partial charge < -0.3 is 10.2 Å². The van der Waals surface area contributed by atoms with Crippen LogP contribution in [0.4, 0.5) is 15.1 Å². The first kappa shape index (κ1) is 25.0. The number of sulfonamides is 1. The molecule has 0 aliphatic heterocycles. The topological polar surface area (TPSA) is 151 Å². The van der Waals surface area contributed by atoms with Crippen LogP contribution in [0.25, 0.3) is 16.8 Å². The Morgan fingerprint density at radius 1 is 1.15 bits per heavy atom. The molecule has 3 heterocycles. The molecule has 0 spiro atoms. The number of pyridine rings is 2. The van der Waals surface area contributed by atoms with Gasteiger partial charge in [0.25, 0.3) is 5.95 Å². The van der Waals surface area contributed by atoms with E-state index in [1.165, 1.54) is 29.6 Å². The summed E-state index contributed by atoms with van der Waals surface area (Å²) in [4.78, 5) is 32.7. The van der Waals surface area contributed by atoms with E-state index in [2.05, 4.69) is 30.4 Å². The van der Waals surface area contributed by atoms with E-state index in [4.69, 9.17) is 0 Å². The highest BCUT2D eigenvalue weighted by molar-refractivity contribution is 7.89. The lowest BCUT2D eigenvalue weighted by Gasteiger charge is -2.20. The summed E-state index contributed by atoms with van der Waals surface area (Å²) < 4.78 is 43.6. The summed E-state index contributed by atoms with van der Waals surface area (Å²) in [6.07, 6.45) is 4.01. The first-order valence-electron chi connectivity index (χ1n) is 10.1. The number of fused-ring (bicyclic) bond motifs is 1. The van der Waals surface area contributed by atoms with Crippen molar-refractivity contribution < 1.29 is 22.4 Å². The standard InChI is InChI=1S/C20H25FN8O4S/c1-20(2,3)27-34(32,33)14-6-12(8-22-9-14)13-7-15(21)17-24-18(26-29(17)11-13)25-19(31)23-10-16(30)28(4)5/h6-9,11,27H,10H2,1-5H3,(H2,23,25,26,31). The summed E-state index contributed by atoms with van der Waals surface area (Å²) in [5, 5.41) is 8.71. The number of amides is 3. The van der Waals surface area contributed by atoms with Crippen molar-refractivity contribution >= 4 is 33.6 Å². The third-order valence-electron chi connectivity index (χ3n) is 4.31. The number of aromatic nitrogens is 4. The lowest BCUT2D eigenvalue weighted by molar-refractivity contribution is -0.127. The number of nitrogens with zero attached hydrogens (tertiary/aromatic N) is 5. The van der Waals surface area contributed by atoms with Crippen LogP contribution >= 0.6 is 0 Å². The van der Waals surface area contributed by atoms with Crippen molar-refractivity contribution in [1.29, 1.82) is 0 Å².